The zero-order valence-corrected chi connectivity index (χ0v) is 24.6. The molecule has 2 aromatic rings. The predicted molar refractivity (Wildman–Crippen MR) is 151 cm³/mol. The fourth-order valence-electron chi connectivity index (χ4n) is 5.82. The summed E-state index contributed by atoms with van der Waals surface area (Å²) in [5.74, 6) is -2.52. The van der Waals surface area contributed by atoms with Crippen molar-refractivity contribution in [2.45, 2.75) is 51.9 Å². The molecule has 3 unspecified atom stereocenters. The van der Waals surface area contributed by atoms with Crippen LogP contribution in [0, 0.1) is 18.2 Å². The van der Waals surface area contributed by atoms with Crippen LogP contribution in [0.1, 0.15) is 49.4 Å². The van der Waals surface area contributed by atoms with E-state index in [0.717, 1.165) is 0 Å². The van der Waals surface area contributed by atoms with E-state index in [4.69, 9.17) is 9.73 Å². The second-order valence-corrected chi connectivity index (χ2v) is 12.3. The molecule has 10 nitrogen and oxygen atoms in total. The van der Waals surface area contributed by atoms with E-state index in [-0.39, 0.29) is 44.8 Å². The summed E-state index contributed by atoms with van der Waals surface area (Å²) in [6, 6.07) is 2.80. The lowest BCUT2D eigenvalue weighted by Crippen LogP contribution is -2.45. The number of carbonyl (C=O) groups is 3. The topological polar surface area (TPSA) is 124 Å². The van der Waals surface area contributed by atoms with Gasteiger partial charge in [-0.3, -0.25) is 19.5 Å². The van der Waals surface area contributed by atoms with E-state index in [1.165, 1.54) is 36.2 Å². The number of ether oxygens (including phenoxy) is 1. The van der Waals surface area contributed by atoms with Crippen LogP contribution < -0.4 is 5.32 Å². The normalized spacial score (nSPS) is 24.5. The molecular weight excluding hydrogens is 568 g/mol. The molecule has 0 radical (unpaired) electrons. The number of aliphatic imine (C=N–C) groups is 1. The van der Waals surface area contributed by atoms with Crippen molar-refractivity contribution in [1.29, 1.82) is 0 Å². The Morgan fingerprint density at radius 2 is 2.10 bits per heavy atom. The summed E-state index contributed by atoms with van der Waals surface area (Å²) in [6.07, 6.45) is 1.55. The second kappa shape index (κ2) is 11.2. The van der Waals surface area contributed by atoms with E-state index in [2.05, 4.69) is 10.3 Å². The van der Waals surface area contributed by atoms with Crippen molar-refractivity contribution in [3.05, 3.63) is 63.0 Å². The number of fused-ring (bicyclic) bond motifs is 1. The molecule has 2 saturated heterocycles. The molecule has 42 heavy (non-hydrogen) atoms. The molecule has 0 bridgehead atoms. The number of aliphatic carboxylic acids is 1. The van der Waals surface area contributed by atoms with Crippen molar-refractivity contribution in [3.8, 4) is 0 Å². The third-order valence-electron chi connectivity index (χ3n) is 8.15. The number of nitrogens with zero attached hydrogens (tertiary/aromatic N) is 4. The molecule has 0 spiro atoms. The van der Waals surface area contributed by atoms with Crippen LogP contribution in [0.5, 0.6) is 0 Å². The SMILES string of the molecule is CCOC(=O)C1=C(CN2CCC3(F)C(=O)N(CC(C)(C)C(=O)O)CC23)NC(c2nccs2)=NC1c1cccc(F)c1C. The Kier molecular flexibility index (Phi) is 7.92. The smallest absolute Gasteiger partial charge is 0.338 e. The number of thiazole rings is 1. The molecule has 3 atom stereocenters. The number of alkyl halides is 1. The first-order valence-electron chi connectivity index (χ1n) is 13.7. The molecule has 13 heteroatoms. The van der Waals surface area contributed by atoms with Crippen LogP contribution in [0.25, 0.3) is 0 Å². The van der Waals surface area contributed by atoms with Gasteiger partial charge in [-0.05, 0) is 44.9 Å². The monoisotopic (exact) mass is 601 g/mol. The van der Waals surface area contributed by atoms with Crippen LogP contribution in [0.4, 0.5) is 8.78 Å². The van der Waals surface area contributed by atoms with Crippen LogP contribution in [-0.4, -0.2) is 88.1 Å². The molecule has 0 saturated carbocycles. The van der Waals surface area contributed by atoms with Crippen molar-refractivity contribution in [1.82, 2.24) is 20.1 Å². The zero-order valence-electron chi connectivity index (χ0n) is 23.8. The number of carbonyl (C=O) groups excluding carboxylic acids is 2. The minimum absolute atomic E-state index is 0.00786. The first-order valence-corrected chi connectivity index (χ1v) is 14.6. The largest absolute Gasteiger partial charge is 0.481 e. The van der Waals surface area contributed by atoms with Crippen molar-refractivity contribution < 1.29 is 33.0 Å². The predicted octanol–water partition coefficient (Wildman–Crippen LogP) is 3.23. The highest BCUT2D eigenvalue weighted by Crippen LogP contribution is 2.42. The average molecular weight is 602 g/mol. The highest BCUT2D eigenvalue weighted by Gasteiger charge is 2.61. The molecular formula is C29H33F2N5O5S. The Bertz CT molecular complexity index is 1480. The van der Waals surface area contributed by atoms with E-state index in [1.54, 1.807) is 42.5 Å². The number of hydrogen-bond acceptors (Lipinski definition) is 9. The van der Waals surface area contributed by atoms with Gasteiger partial charge in [0.2, 0.25) is 5.67 Å². The van der Waals surface area contributed by atoms with Crippen LogP contribution in [0.3, 0.4) is 0 Å². The third kappa shape index (κ3) is 5.19. The molecule has 4 heterocycles. The summed E-state index contributed by atoms with van der Waals surface area (Å²) in [7, 11) is 0. The number of rotatable bonds is 9. The van der Waals surface area contributed by atoms with Gasteiger partial charge in [0.25, 0.3) is 5.91 Å². The molecule has 5 rings (SSSR count). The van der Waals surface area contributed by atoms with Gasteiger partial charge >= 0.3 is 11.9 Å². The number of likely N-dealkylation sites (tertiary alicyclic amines) is 2. The van der Waals surface area contributed by atoms with Crippen molar-refractivity contribution in [2.24, 2.45) is 10.4 Å². The fraction of sp³-hybridized carbons (Fsp3) is 0.483. The van der Waals surface area contributed by atoms with E-state index in [0.29, 0.717) is 27.7 Å². The second-order valence-electron chi connectivity index (χ2n) is 11.4. The number of benzene rings is 1. The number of esters is 1. The maximum absolute atomic E-state index is 16.3. The maximum atomic E-state index is 16.3. The lowest BCUT2D eigenvalue weighted by Gasteiger charge is -2.32. The number of carboxylic acids is 1. The number of nitrogens with one attached hydrogen (secondary N) is 1. The molecule has 3 aliphatic rings. The third-order valence-corrected chi connectivity index (χ3v) is 8.93. The van der Waals surface area contributed by atoms with Crippen molar-refractivity contribution >= 4 is 35.0 Å². The van der Waals surface area contributed by atoms with Gasteiger partial charge in [0.15, 0.2) is 10.8 Å². The minimum atomic E-state index is -2.18. The number of halogens is 2. The van der Waals surface area contributed by atoms with Crippen molar-refractivity contribution in [3.63, 3.8) is 0 Å². The first-order chi connectivity index (χ1) is 19.9. The van der Waals surface area contributed by atoms with E-state index in [1.807, 2.05) is 0 Å². The first kappa shape index (κ1) is 29.8. The van der Waals surface area contributed by atoms with E-state index < -0.39 is 46.8 Å². The van der Waals surface area contributed by atoms with Crippen LogP contribution >= 0.6 is 11.3 Å². The quantitative estimate of drug-likeness (QED) is 0.420. The Hall–Kier alpha value is -3.71. The van der Waals surface area contributed by atoms with Gasteiger partial charge < -0.3 is 20.1 Å². The highest BCUT2D eigenvalue weighted by atomic mass is 32.1. The number of amidine groups is 1. The summed E-state index contributed by atoms with van der Waals surface area (Å²) >= 11 is 1.33. The highest BCUT2D eigenvalue weighted by molar-refractivity contribution is 7.11. The van der Waals surface area contributed by atoms with Crippen LogP contribution in [-0.2, 0) is 19.1 Å². The molecule has 0 aliphatic carbocycles. The lowest BCUT2D eigenvalue weighted by molar-refractivity contribution is -0.150. The van der Waals surface area contributed by atoms with Crippen molar-refractivity contribution in [2.75, 3.05) is 32.8 Å². The summed E-state index contributed by atoms with van der Waals surface area (Å²) in [5, 5.41) is 15.1. The Morgan fingerprint density at radius 3 is 2.76 bits per heavy atom. The van der Waals surface area contributed by atoms with Gasteiger partial charge in [0.1, 0.15) is 11.9 Å². The van der Waals surface area contributed by atoms with Gasteiger partial charge in [-0.15, -0.1) is 11.3 Å². The van der Waals surface area contributed by atoms with Gasteiger partial charge in [0, 0.05) is 49.9 Å². The van der Waals surface area contributed by atoms with Gasteiger partial charge in [-0.25, -0.2) is 18.6 Å². The minimum Gasteiger partial charge on any atom is -0.481 e. The van der Waals surface area contributed by atoms with Gasteiger partial charge in [0.05, 0.1) is 23.6 Å². The maximum Gasteiger partial charge on any atom is 0.338 e. The molecule has 1 aromatic heterocycles. The number of aromatic nitrogens is 1. The summed E-state index contributed by atoms with van der Waals surface area (Å²) < 4.78 is 36.4. The number of amides is 1. The standard InChI is InChI=1S/C29H33F2N5O5S/c1-5-41-25(37)21-19(13-35-11-9-29(31)20(35)14-36(26(29)38)15-28(3,4)27(39)40)33-23(24-32-10-12-42-24)34-22(21)17-7-6-8-18(30)16(17)2/h6-8,10,12,20,22H,5,9,11,13-15H2,1-4H3,(H,33,34)(H,39,40). The number of carboxylic acid groups (broad SMARTS) is 1. The Labute approximate surface area is 246 Å². The summed E-state index contributed by atoms with van der Waals surface area (Å²) in [5.41, 5.74) is -2.08. The van der Waals surface area contributed by atoms with Gasteiger partial charge in [-0.1, -0.05) is 12.1 Å². The van der Waals surface area contributed by atoms with Crippen LogP contribution in [0.15, 0.2) is 46.0 Å². The number of hydrogen-bond donors (Lipinski definition) is 2. The Morgan fingerprint density at radius 1 is 1.33 bits per heavy atom. The molecule has 224 valence electrons. The fourth-order valence-corrected chi connectivity index (χ4v) is 6.41. The molecule has 2 fully saturated rings. The van der Waals surface area contributed by atoms with Crippen LogP contribution in [0.2, 0.25) is 0 Å². The van der Waals surface area contributed by atoms with Gasteiger partial charge in [-0.2, -0.15) is 0 Å². The van der Waals surface area contributed by atoms with E-state index >= 15 is 4.39 Å². The molecule has 1 aromatic carbocycles. The molecule has 1 amide bonds. The lowest BCUT2D eigenvalue weighted by atomic mass is 9.92. The Balaban J connectivity index is 1.54. The van der Waals surface area contributed by atoms with E-state index in [9.17, 15) is 23.9 Å². The molecule has 3 aliphatic heterocycles. The zero-order chi connectivity index (χ0) is 30.4. The average Bonchev–Trinajstić information content (AvgIpc) is 3.64. The molecule has 2 N–H and O–H groups in total. The summed E-state index contributed by atoms with van der Waals surface area (Å²) in [6.45, 7) is 6.53. The summed E-state index contributed by atoms with van der Waals surface area (Å²) in [4.78, 5) is 50.6.